The van der Waals surface area contributed by atoms with Crippen LogP contribution < -0.4 is 0 Å². The average Bonchev–Trinajstić information content (AvgIpc) is 2.64. The lowest BCUT2D eigenvalue weighted by molar-refractivity contribution is -0.164. The summed E-state index contributed by atoms with van der Waals surface area (Å²) in [6.45, 7) is 0. The topological polar surface area (TPSA) is 52.6 Å². The van der Waals surface area contributed by atoms with Crippen LogP contribution in [0.2, 0.25) is 0 Å². The highest BCUT2D eigenvalue weighted by Gasteiger charge is 2.38. The molecule has 4 heteroatoms. The standard InChI is InChI=1S/C21H24O4/c1-24-21(25-2)20(23)18-12-6-10-16(19(18)22)13-15-9-5-8-14-7-3-4-11-17(14)15/h3-5,7-9,11,16,18,21H,6,10,12-13H2,1-2H3. The van der Waals surface area contributed by atoms with Crippen LogP contribution in [0.4, 0.5) is 0 Å². The number of fused-ring (bicyclic) bond motifs is 1. The molecule has 1 aliphatic carbocycles. The molecule has 0 spiro atoms. The van der Waals surface area contributed by atoms with E-state index in [1.54, 1.807) is 0 Å². The van der Waals surface area contributed by atoms with Crippen LogP contribution in [0.1, 0.15) is 24.8 Å². The largest absolute Gasteiger partial charge is 0.349 e. The van der Waals surface area contributed by atoms with Crippen LogP contribution in [0, 0.1) is 11.8 Å². The van der Waals surface area contributed by atoms with Crippen LogP contribution in [0.5, 0.6) is 0 Å². The van der Waals surface area contributed by atoms with Crippen molar-refractivity contribution in [3.05, 3.63) is 48.0 Å². The summed E-state index contributed by atoms with van der Waals surface area (Å²) >= 11 is 0. The van der Waals surface area contributed by atoms with Crippen LogP contribution in [0.25, 0.3) is 10.8 Å². The fourth-order valence-electron chi connectivity index (χ4n) is 3.85. The van der Waals surface area contributed by atoms with Gasteiger partial charge in [0.15, 0.2) is 5.78 Å². The Labute approximate surface area is 148 Å². The minimum Gasteiger partial charge on any atom is -0.349 e. The molecule has 3 rings (SSSR count). The Morgan fingerprint density at radius 3 is 2.56 bits per heavy atom. The normalized spacial score (nSPS) is 21.0. The van der Waals surface area contributed by atoms with Gasteiger partial charge in [-0.3, -0.25) is 9.59 Å². The summed E-state index contributed by atoms with van der Waals surface area (Å²) < 4.78 is 10.1. The molecule has 0 N–H and O–H groups in total. The first-order chi connectivity index (χ1) is 12.2. The maximum atomic E-state index is 12.9. The second-order valence-electron chi connectivity index (χ2n) is 6.63. The number of benzene rings is 2. The van der Waals surface area contributed by atoms with Crippen molar-refractivity contribution in [2.45, 2.75) is 32.0 Å². The van der Waals surface area contributed by atoms with E-state index in [-0.39, 0.29) is 17.5 Å². The van der Waals surface area contributed by atoms with E-state index in [4.69, 9.17) is 9.47 Å². The number of carbonyl (C=O) groups is 2. The van der Waals surface area contributed by atoms with E-state index in [1.807, 2.05) is 18.2 Å². The van der Waals surface area contributed by atoms with Crippen LogP contribution in [-0.2, 0) is 25.5 Å². The van der Waals surface area contributed by atoms with E-state index in [0.717, 1.165) is 12.8 Å². The second kappa shape index (κ2) is 7.89. The van der Waals surface area contributed by atoms with E-state index < -0.39 is 12.2 Å². The zero-order chi connectivity index (χ0) is 17.8. The molecule has 132 valence electrons. The van der Waals surface area contributed by atoms with E-state index in [2.05, 4.69) is 24.3 Å². The van der Waals surface area contributed by atoms with Crippen molar-refractivity contribution in [3.63, 3.8) is 0 Å². The first-order valence-electron chi connectivity index (χ1n) is 8.75. The molecule has 2 aromatic rings. The van der Waals surface area contributed by atoms with Crippen molar-refractivity contribution >= 4 is 22.3 Å². The molecule has 1 saturated carbocycles. The molecule has 0 heterocycles. The fourth-order valence-corrected chi connectivity index (χ4v) is 3.85. The molecule has 0 saturated heterocycles. The summed E-state index contributed by atoms with van der Waals surface area (Å²) in [5.41, 5.74) is 1.17. The van der Waals surface area contributed by atoms with Crippen molar-refractivity contribution in [2.24, 2.45) is 11.8 Å². The predicted molar refractivity (Wildman–Crippen MR) is 96.3 cm³/mol. The van der Waals surface area contributed by atoms with Crippen LogP contribution in [0.15, 0.2) is 42.5 Å². The van der Waals surface area contributed by atoms with Gasteiger partial charge in [-0.25, -0.2) is 0 Å². The highest BCUT2D eigenvalue weighted by Crippen LogP contribution is 2.31. The number of ketones is 2. The van der Waals surface area contributed by atoms with E-state index in [9.17, 15) is 9.59 Å². The Morgan fingerprint density at radius 1 is 1.08 bits per heavy atom. The Hall–Kier alpha value is -2.04. The Bertz CT molecular complexity index is 758. The summed E-state index contributed by atoms with van der Waals surface area (Å²) in [7, 11) is 2.85. The lowest BCUT2D eigenvalue weighted by Crippen LogP contribution is -2.41. The molecule has 25 heavy (non-hydrogen) atoms. The average molecular weight is 340 g/mol. The molecule has 0 radical (unpaired) electrons. The molecular weight excluding hydrogens is 316 g/mol. The fraction of sp³-hybridized carbons (Fsp3) is 0.429. The molecule has 2 aromatic carbocycles. The summed E-state index contributed by atoms with van der Waals surface area (Å²) in [5.74, 6) is -0.956. The number of hydrogen-bond donors (Lipinski definition) is 0. The van der Waals surface area contributed by atoms with Gasteiger partial charge in [0, 0.05) is 20.1 Å². The van der Waals surface area contributed by atoms with E-state index in [1.165, 1.54) is 30.6 Å². The molecule has 0 amide bonds. The smallest absolute Gasteiger partial charge is 0.218 e. The lowest BCUT2D eigenvalue weighted by Gasteiger charge is -2.29. The van der Waals surface area contributed by atoms with Crippen molar-refractivity contribution < 1.29 is 19.1 Å². The Morgan fingerprint density at radius 2 is 1.80 bits per heavy atom. The highest BCUT2D eigenvalue weighted by molar-refractivity contribution is 6.05. The SMILES string of the molecule is COC(OC)C(=O)C1CCCC(Cc2cccc3ccccc23)C1=O. The number of rotatable bonds is 6. The monoisotopic (exact) mass is 340 g/mol. The maximum absolute atomic E-state index is 12.9. The lowest BCUT2D eigenvalue weighted by atomic mass is 9.75. The molecular formula is C21H24O4. The van der Waals surface area contributed by atoms with Gasteiger partial charge in [-0.15, -0.1) is 0 Å². The van der Waals surface area contributed by atoms with Gasteiger partial charge in [0.1, 0.15) is 5.78 Å². The number of hydrogen-bond acceptors (Lipinski definition) is 4. The molecule has 1 aliphatic rings. The summed E-state index contributed by atoms with van der Waals surface area (Å²) in [6, 6.07) is 14.4. The summed E-state index contributed by atoms with van der Waals surface area (Å²) in [6.07, 6.45) is 2.01. The molecule has 2 atom stereocenters. The van der Waals surface area contributed by atoms with Crippen molar-refractivity contribution in [2.75, 3.05) is 14.2 Å². The van der Waals surface area contributed by atoms with Crippen LogP contribution in [0.3, 0.4) is 0 Å². The maximum Gasteiger partial charge on any atom is 0.218 e. The third kappa shape index (κ3) is 3.65. The number of carbonyl (C=O) groups excluding carboxylic acids is 2. The van der Waals surface area contributed by atoms with Crippen molar-refractivity contribution in [1.29, 1.82) is 0 Å². The van der Waals surface area contributed by atoms with Gasteiger partial charge >= 0.3 is 0 Å². The number of methoxy groups -OCH3 is 2. The van der Waals surface area contributed by atoms with Crippen molar-refractivity contribution in [3.8, 4) is 0 Å². The van der Waals surface area contributed by atoms with Gasteiger partial charge in [0.2, 0.25) is 6.29 Å². The Balaban J connectivity index is 1.80. The van der Waals surface area contributed by atoms with E-state index in [0.29, 0.717) is 12.8 Å². The first kappa shape index (κ1) is 17.8. The van der Waals surface area contributed by atoms with Crippen molar-refractivity contribution in [1.82, 2.24) is 0 Å². The van der Waals surface area contributed by atoms with Gasteiger partial charge in [0.05, 0.1) is 5.92 Å². The zero-order valence-corrected chi connectivity index (χ0v) is 14.7. The third-order valence-electron chi connectivity index (χ3n) is 5.14. The summed E-state index contributed by atoms with van der Waals surface area (Å²) in [4.78, 5) is 25.4. The van der Waals surface area contributed by atoms with E-state index >= 15 is 0 Å². The molecule has 0 bridgehead atoms. The van der Waals surface area contributed by atoms with Gasteiger partial charge < -0.3 is 9.47 Å². The minimum atomic E-state index is -0.953. The van der Waals surface area contributed by atoms with Gasteiger partial charge in [-0.05, 0) is 35.6 Å². The van der Waals surface area contributed by atoms with Gasteiger partial charge in [-0.1, -0.05) is 48.9 Å². The molecule has 0 aromatic heterocycles. The van der Waals surface area contributed by atoms with Crippen LogP contribution in [-0.4, -0.2) is 32.1 Å². The molecule has 4 nitrogen and oxygen atoms in total. The zero-order valence-electron chi connectivity index (χ0n) is 14.7. The van der Waals surface area contributed by atoms with Crippen LogP contribution >= 0.6 is 0 Å². The molecule has 0 aliphatic heterocycles. The van der Waals surface area contributed by atoms with Gasteiger partial charge in [-0.2, -0.15) is 0 Å². The second-order valence-corrected chi connectivity index (χ2v) is 6.63. The third-order valence-corrected chi connectivity index (χ3v) is 5.14. The summed E-state index contributed by atoms with van der Waals surface area (Å²) in [5, 5.41) is 2.35. The van der Waals surface area contributed by atoms with Gasteiger partial charge in [0.25, 0.3) is 0 Å². The highest BCUT2D eigenvalue weighted by atomic mass is 16.7. The molecule has 1 fully saturated rings. The minimum absolute atomic E-state index is 0.0308. The number of Topliss-reactive ketones (excluding diaryl/α,β-unsaturated/α-hetero) is 2. The predicted octanol–water partition coefficient (Wildman–Crippen LogP) is 3.56. The molecule has 2 unspecified atom stereocenters. The first-order valence-corrected chi connectivity index (χ1v) is 8.75. The Kier molecular flexibility index (Phi) is 5.61. The quantitative estimate of drug-likeness (QED) is 0.596. The number of ether oxygens (including phenoxy) is 2.